The summed E-state index contributed by atoms with van der Waals surface area (Å²) in [6.45, 7) is 1.03. The smallest absolute Gasteiger partial charge is 0.263 e. The van der Waals surface area contributed by atoms with Crippen LogP contribution in [0.4, 0.5) is 5.69 Å². The van der Waals surface area contributed by atoms with Crippen LogP contribution in [-0.2, 0) is 4.74 Å². The molecule has 7 heteroatoms. The first kappa shape index (κ1) is 14.2. The minimum atomic E-state index is -0.188. The molecule has 0 spiro atoms. The first-order valence-corrected chi connectivity index (χ1v) is 7.96. The van der Waals surface area contributed by atoms with Gasteiger partial charge in [0.15, 0.2) is 0 Å². The van der Waals surface area contributed by atoms with Crippen LogP contribution in [0.2, 0.25) is 0 Å². The number of anilines is 1. The topological polar surface area (TPSA) is 90.1 Å². The maximum Gasteiger partial charge on any atom is 0.263 e. The van der Waals surface area contributed by atoms with Crippen LogP contribution in [0.25, 0.3) is 10.3 Å². The first-order chi connectivity index (χ1) is 10.3. The average Bonchev–Trinajstić information content (AvgIpc) is 3.12. The lowest BCUT2D eigenvalue weighted by molar-refractivity contribution is 0.0582. The van der Waals surface area contributed by atoms with Gasteiger partial charge in [0, 0.05) is 18.9 Å². The maximum atomic E-state index is 12.1. The Balaban J connectivity index is 1.55. The Morgan fingerprint density at radius 3 is 2.90 bits per heavy atom. The van der Waals surface area contributed by atoms with Crippen LogP contribution in [0.1, 0.15) is 35.4 Å². The SMILES string of the molecule is Nc1c(C(=O)NCCOC2CCCC2)sc2nccnc12. The highest BCUT2D eigenvalue weighted by Crippen LogP contribution is 2.30. The van der Waals surface area contributed by atoms with Crippen molar-refractivity contribution in [2.45, 2.75) is 31.8 Å². The van der Waals surface area contributed by atoms with Crippen molar-refractivity contribution in [2.75, 3.05) is 18.9 Å². The molecule has 3 rings (SSSR count). The summed E-state index contributed by atoms with van der Waals surface area (Å²) in [6.07, 6.45) is 8.29. The zero-order valence-corrected chi connectivity index (χ0v) is 12.5. The van der Waals surface area contributed by atoms with E-state index < -0.39 is 0 Å². The molecule has 2 aromatic rings. The van der Waals surface area contributed by atoms with E-state index in [4.69, 9.17) is 10.5 Å². The lowest BCUT2D eigenvalue weighted by Crippen LogP contribution is -2.28. The van der Waals surface area contributed by atoms with Crippen LogP contribution < -0.4 is 11.1 Å². The number of amides is 1. The lowest BCUT2D eigenvalue weighted by Gasteiger charge is -2.11. The van der Waals surface area contributed by atoms with Crippen LogP contribution >= 0.6 is 11.3 Å². The van der Waals surface area contributed by atoms with Crippen molar-refractivity contribution in [3.63, 3.8) is 0 Å². The largest absolute Gasteiger partial charge is 0.396 e. The maximum absolute atomic E-state index is 12.1. The minimum Gasteiger partial charge on any atom is -0.396 e. The Hall–Kier alpha value is -1.73. The predicted molar refractivity (Wildman–Crippen MR) is 82.4 cm³/mol. The van der Waals surface area contributed by atoms with Crippen LogP contribution in [0.15, 0.2) is 12.4 Å². The fourth-order valence-electron chi connectivity index (χ4n) is 2.54. The molecular weight excluding hydrogens is 288 g/mol. The van der Waals surface area contributed by atoms with E-state index >= 15 is 0 Å². The molecule has 0 unspecified atom stereocenters. The molecule has 1 aliphatic rings. The molecule has 1 aliphatic carbocycles. The normalized spacial score (nSPS) is 15.6. The van der Waals surface area contributed by atoms with Gasteiger partial charge in [-0.2, -0.15) is 0 Å². The van der Waals surface area contributed by atoms with Gasteiger partial charge in [-0.3, -0.25) is 4.79 Å². The second kappa shape index (κ2) is 6.36. The molecular formula is C14H18N4O2S. The van der Waals surface area contributed by atoms with Crippen molar-refractivity contribution in [1.82, 2.24) is 15.3 Å². The summed E-state index contributed by atoms with van der Waals surface area (Å²) >= 11 is 1.26. The molecule has 112 valence electrons. The standard InChI is InChI=1S/C14H18N4O2S/c15-10-11-14(18-6-5-16-11)21-12(10)13(19)17-7-8-20-9-3-1-2-4-9/h5-6,9H,1-4,7-8,15H2,(H,17,19). The number of hydrogen-bond acceptors (Lipinski definition) is 6. The van der Waals surface area contributed by atoms with E-state index in [1.165, 1.54) is 24.2 Å². The molecule has 0 radical (unpaired) electrons. The van der Waals surface area contributed by atoms with Crippen molar-refractivity contribution in [3.8, 4) is 0 Å². The summed E-state index contributed by atoms with van der Waals surface area (Å²) in [4.78, 5) is 21.6. The van der Waals surface area contributed by atoms with E-state index in [9.17, 15) is 4.79 Å². The zero-order valence-electron chi connectivity index (χ0n) is 11.7. The van der Waals surface area contributed by atoms with Gasteiger partial charge in [-0.1, -0.05) is 12.8 Å². The van der Waals surface area contributed by atoms with Crippen LogP contribution in [-0.4, -0.2) is 35.1 Å². The second-order valence-corrected chi connectivity index (χ2v) is 6.09. The third kappa shape index (κ3) is 3.14. The molecule has 0 bridgehead atoms. The lowest BCUT2D eigenvalue weighted by atomic mass is 10.3. The number of hydrogen-bond donors (Lipinski definition) is 2. The molecule has 1 saturated carbocycles. The molecule has 2 aromatic heterocycles. The van der Waals surface area contributed by atoms with Crippen molar-refractivity contribution in [2.24, 2.45) is 0 Å². The molecule has 6 nitrogen and oxygen atoms in total. The minimum absolute atomic E-state index is 0.188. The number of nitrogens with one attached hydrogen (secondary N) is 1. The number of carbonyl (C=O) groups is 1. The van der Waals surface area contributed by atoms with E-state index in [1.54, 1.807) is 12.4 Å². The number of fused-ring (bicyclic) bond motifs is 1. The highest BCUT2D eigenvalue weighted by Gasteiger charge is 2.18. The Kier molecular flexibility index (Phi) is 4.31. The molecule has 1 fully saturated rings. The van der Waals surface area contributed by atoms with Gasteiger partial charge in [0.25, 0.3) is 5.91 Å². The number of thiophene rings is 1. The van der Waals surface area contributed by atoms with Crippen LogP contribution in [0.5, 0.6) is 0 Å². The van der Waals surface area contributed by atoms with Gasteiger partial charge in [-0.15, -0.1) is 11.3 Å². The average molecular weight is 306 g/mol. The number of rotatable bonds is 5. The summed E-state index contributed by atoms with van der Waals surface area (Å²) in [5, 5.41) is 2.84. The zero-order chi connectivity index (χ0) is 14.7. The molecule has 0 saturated heterocycles. The van der Waals surface area contributed by atoms with Gasteiger partial charge < -0.3 is 15.8 Å². The number of nitrogens with zero attached hydrogens (tertiary/aromatic N) is 2. The van der Waals surface area contributed by atoms with Crippen LogP contribution in [0, 0.1) is 0 Å². The second-order valence-electron chi connectivity index (χ2n) is 5.09. The molecule has 0 aromatic carbocycles. The number of nitrogens with two attached hydrogens (primary N) is 1. The molecule has 21 heavy (non-hydrogen) atoms. The van der Waals surface area contributed by atoms with Crippen LogP contribution in [0.3, 0.4) is 0 Å². The first-order valence-electron chi connectivity index (χ1n) is 7.14. The van der Waals surface area contributed by atoms with E-state index in [0.29, 0.717) is 40.2 Å². The van der Waals surface area contributed by atoms with Crippen molar-refractivity contribution in [3.05, 3.63) is 17.3 Å². The summed E-state index contributed by atoms with van der Waals surface area (Å²) in [7, 11) is 0. The molecule has 0 atom stereocenters. The third-order valence-electron chi connectivity index (χ3n) is 3.61. The van der Waals surface area contributed by atoms with Gasteiger partial charge in [0.1, 0.15) is 15.2 Å². The quantitative estimate of drug-likeness (QED) is 0.824. The van der Waals surface area contributed by atoms with Gasteiger partial charge in [-0.25, -0.2) is 9.97 Å². The third-order valence-corrected chi connectivity index (χ3v) is 4.71. The summed E-state index contributed by atoms with van der Waals surface area (Å²) in [5.74, 6) is -0.188. The number of nitrogen functional groups attached to an aromatic ring is 1. The summed E-state index contributed by atoms with van der Waals surface area (Å²) < 4.78 is 5.71. The highest BCUT2D eigenvalue weighted by atomic mass is 32.1. The fraction of sp³-hybridized carbons (Fsp3) is 0.500. The number of ether oxygens (including phenoxy) is 1. The number of aromatic nitrogens is 2. The predicted octanol–water partition coefficient (Wildman–Crippen LogP) is 1.96. The molecule has 2 heterocycles. The van der Waals surface area contributed by atoms with Crippen molar-refractivity contribution < 1.29 is 9.53 Å². The monoisotopic (exact) mass is 306 g/mol. The molecule has 0 aliphatic heterocycles. The van der Waals surface area contributed by atoms with Gasteiger partial charge in [-0.05, 0) is 12.8 Å². The fourth-order valence-corrected chi connectivity index (χ4v) is 3.48. The molecule has 3 N–H and O–H groups in total. The summed E-state index contributed by atoms with van der Waals surface area (Å²) in [6, 6.07) is 0. The van der Waals surface area contributed by atoms with Gasteiger partial charge in [0.05, 0.1) is 18.4 Å². The Morgan fingerprint density at radius 2 is 2.14 bits per heavy atom. The Bertz CT molecular complexity index is 637. The van der Waals surface area contributed by atoms with E-state index in [-0.39, 0.29) is 5.91 Å². The highest BCUT2D eigenvalue weighted by molar-refractivity contribution is 7.21. The Morgan fingerprint density at radius 1 is 1.38 bits per heavy atom. The summed E-state index contributed by atoms with van der Waals surface area (Å²) in [5.41, 5.74) is 6.95. The number of carbonyl (C=O) groups excluding carboxylic acids is 1. The van der Waals surface area contributed by atoms with Gasteiger partial charge in [0.2, 0.25) is 0 Å². The van der Waals surface area contributed by atoms with Crippen molar-refractivity contribution >= 4 is 33.3 Å². The Labute approximate surface area is 126 Å². The molecule has 1 amide bonds. The van der Waals surface area contributed by atoms with E-state index in [1.807, 2.05) is 0 Å². The van der Waals surface area contributed by atoms with E-state index in [0.717, 1.165) is 12.8 Å². The van der Waals surface area contributed by atoms with Gasteiger partial charge >= 0.3 is 0 Å². The van der Waals surface area contributed by atoms with E-state index in [2.05, 4.69) is 15.3 Å². The van der Waals surface area contributed by atoms with Crippen molar-refractivity contribution in [1.29, 1.82) is 0 Å².